The van der Waals surface area contributed by atoms with E-state index in [1.807, 2.05) is 0 Å². The first-order valence-corrected chi connectivity index (χ1v) is 8.17. The van der Waals surface area contributed by atoms with Crippen LogP contribution in [0.5, 0.6) is 0 Å². The molecular weight excluding hydrogens is 302 g/mol. The van der Waals surface area contributed by atoms with Crippen molar-refractivity contribution in [2.45, 2.75) is 51.7 Å². The molecule has 23 heavy (non-hydrogen) atoms. The summed E-state index contributed by atoms with van der Waals surface area (Å²) in [5.74, 6) is -0.784. The minimum atomic E-state index is -0.663. The zero-order valence-electron chi connectivity index (χ0n) is 13.6. The SMILES string of the molecule is CCC(CC)[C@@H]1C[C@@H](NC(=O)Nc2cc(F)ccc2F)CCO1. The Balaban J connectivity index is 1.90. The lowest BCUT2D eigenvalue weighted by atomic mass is 9.89. The fourth-order valence-corrected chi connectivity index (χ4v) is 3.04. The third-order valence-electron chi connectivity index (χ3n) is 4.40. The standard InChI is InChI=1S/C17H24F2N2O2/c1-3-11(4-2)16-10-13(7-8-23-16)20-17(22)21-15-9-12(18)5-6-14(15)19/h5-6,9,11,13,16H,3-4,7-8,10H2,1-2H3,(H2,20,21,22)/t13-,16-/m0/s1. The lowest BCUT2D eigenvalue weighted by molar-refractivity contribution is -0.0329. The molecule has 1 aliphatic heterocycles. The van der Waals surface area contributed by atoms with Gasteiger partial charge in [-0.25, -0.2) is 13.6 Å². The molecule has 4 nitrogen and oxygen atoms in total. The van der Waals surface area contributed by atoms with E-state index in [2.05, 4.69) is 24.5 Å². The second kappa shape index (κ2) is 8.24. The first-order valence-electron chi connectivity index (χ1n) is 8.17. The summed E-state index contributed by atoms with van der Waals surface area (Å²) < 4.78 is 32.5. The molecule has 1 fully saturated rings. The molecule has 1 saturated heterocycles. The molecule has 1 heterocycles. The molecule has 1 aliphatic rings. The summed E-state index contributed by atoms with van der Waals surface area (Å²) in [7, 11) is 0. The fourth-order valence-electron chi connectivity index (χ4n) is 3.04. The number of hydrogen-bond donors (Lipinski definition) is 2. The molecule has 0 saturated carbocycles. The van der Waals surface area contributed by atoms with Crippen molar-refractivity contribution in [2.24, 2.45) is 5.92 Å². The fraction of sp³-hybridized carbons (Fsp3) is 0.588. The monoisotopic (exact) mass is 326 g/mol. The topological polar surface area (TPSA) is 50.4 Å². The lowest BCUT2D eigenvalue weighted by Gasteiger charge is -2.34. The van der Waals surface area contributed by atoms with Gasteiger partial charge in [0.1, 0.15) is 11.6 Å². The average Bonchev–Trinajstić information content (AvgIpc) is 2.52. The normalized spacial score (nSPS) is 21.3. The molecule has 6 heteroatoms. The number of rotatable bonds is 5. The van der Waals surface area contributed by atoms with Gasteiger partial charge in [0.25, 0.3) is 0 Å². The van der Waals surface area contributed by atoms with Crippen molar-refractivity contribution >= 4 is 11.7 Å². The first kappa shape index (κ1) is 17.7. The summed E-state index contributed by atoms with van der Waals surface area (Å²) in [6.45, 7) is 4.86. The van der Waals surface area contributed by atoms with Crippen molar-refractivity contribution in [3.05, 3.63) is 29.8 Å². The van der Waals surface area contributed by atoms with Crippen LogP contribution in [0.25, 0.3) is 0 Å². The van der Waals surface area contributed by atoms with Crippen molar-refractivity contribution < 1.29 is 18.3 Å². The van der Waals surface area contributed by atoms with Crippen molar-refractivity contribution in [1.82, 2.24) is 5.32 Å². The summed E-state index contributed by atoms with van der Waals surface area (Å²) in [5, 5.41) is 5.19. The van der Waals surface area contributed by atoms with Gasteiger partial charge in [0.05, 0.1) is 11.8 Å². The summed E-state index contributed by atoms with van der Waals surface area (Å²) in [5.41, 5.74) is -0.161. The van der Waals surface area contributed by atoms with Crippen LogP contribution in [-0.2, 0) is 4.74 Å². The highest BCUT2D eigenvalue weighted by molar-refractivity contribution is 5.89. The molecular formula is C17H24F2N2O2. The van der Waals surface area contributed by atoms with E-state index in [1.54, 1.807) is 0 Å². The van der Waals surface area contributed by atoms with Crippen LogP contribution in [0.2, 0.25) is 0 Å². The van der Waals surface area contributed by atoms with Gasteiger partial charge in [-0.3, -0.25) is 0 Å². The molecule has 1 aromatic carbocycles. The molecule has 2 rings (SSSR count). The Kier molecular flexibility index (Phi) is 6.33. The molecule has 0 radical (unpaired) electrons. The van der Waals surface area contributed by atoms with E-state index in [-0.39, 0.29) is 17.8 Å². The van der Waals surface area contributed by atoms with E-state index in [1.165, 1.54) is 0 Å². The molecule has 128 valence electrons. The van der Waals surface area contributed by atoms with Gasteiger partial charge in [-0.2, -0.15) is 0 Å². The van der Waals surface area contributed by atoms with E-state index < -0.39 is 17.7 Å². The van der Waals surface area contributed by atoms with Gasteiger partial charge in [-0.15, -0.1) is 0 Å². The maximum atomic E-state index is 13.5. The maximum Gasteiger partial charge on any atom is 0.319 e. The van der Waals surface area contributed by atoms with E-state index in [9.17, 15) is 13.6 Å². The predicted molar refractivity (Wildman–Crippen MR) is 85.3 cm³/mol. The Hall–Kier alpha value is -1.69. The molecule has 2 amide bonds. The number of anilines is 1. The highest BCUT2D eigenvalue weighted by Crippen LogP contribution is 2.25. The van der Waals surface area contributed by atoms with Crippen LogP contribution in [0.3, 0.4) is 0 Å². The third kappa shape index (κ3) is 4.89. The van der Waals surface area contributed by atoms with Crippen LogP contribution in [-0.4, -0.2) is 24.8 Å². The number of benzene rings is 1. The van der Waals surface area contributed by atoms with Crippen molar-refractivity contribution in [3.63, 3.8) is 0 Å². The number of carbonyl (C=O) groups excluding carboxylic acids is 1. The molecule has 2 N–H and O–H groups in total. The largest absolute Gasteiger partial charge is 0.378 e. The average molecular weight is 326 g/mol. The smallest absolute Gasteiger partial charge is 0.319 e. The number of carbonyl (C=O) groups is 1. The number of ether oxygens (including phenoxy) is 1. The minimum Gasteiger partial charge on any atom is -0.378 e. The van der Waals surface area contributed by atoms with Gasteiger partial charge in [0.15, 0.2) is 0 Å². The summed E-state index contributed by atoms with van der Waals surface area (Å²) in [4.78, 5) is 12.0. The van der Waals surface area contributed by atoms with Crippen LogP contribution >= 0.6 is 0 Å². The van der Waals surface area contributed by atoms with Crippen LogP contribution in [0, 0.1) is 17.6 Å². The number of hydrogen-bond acceptors (Lipinski definition) is 2. The van der Waals surface area contributed by atoms with Crippen molar-refractivity contribution in [1.29, 1.82) is 0 Å². The zero-order valence-corrected chi connectivity index (χ0v) is 13.6. The molecule has 0 spiro atoms. The highest BCUT2D eigenvalue weighted by atomic mass is 19.1. The molecule has 0 aromatic heterocycles. The summed E-state index contributed by atoms with van der Waals surface area (Å²) in [6.07, 6.45) is 3.67. The van der Waals surface area contributed by atoms with E-state index >= 15 is 0 Å². The Labute approximate surface area is 135 Å². The Morgan fingerprint density at radius 2 is 2.09 bits per heavy atom. The van der Waals surface area contributed by atoms with Gasteiger partial charge >= 0.3 is 6.03 Å². The van der Waals surface area contributed by atoms with E-state index in [4.69, 9.17) is 4.74 Å². The maximum absolute atomic E-state index is 13.5. The zero-order chi connectivity index (χ0) is 16.8. The third-order valence-corrected chi connectivity index (χ3v) is 4.40. The highest BCUT2D eigenvalue weighted by Gasteiger charge is 2.28. The molecule has 0 unspecified atom stereocenters. The van der Waals surface area contributed by atoms with Gasteiger partial charge in [0, 0.05) is 18.7 Å². The van der Waals surface area contributed by atoms with Gasteiger partial charge < -0.3 is 15.4 Å². The first-order chi connectivity index (χ1) is 11.0. The van der Waals surface area contributed by atoms with E-state index in [0.717, 1.165) is 43.9 Å². The van der Waals surface area contributed by atoms with Crippen molar-refractivity contribution in [3.8, 4) is 0 Å². The van der Waals surface area contributed by atoms with Gasteiger partial charge in [-0.05, 0) is 30.9 Å². The summed E-state index contributed by atoms with van der Waals surface area (Å²) >= 11 is 0. The quantitative estimate of drug-likeness (QED) is 0.857. The minimum absolute atomic E-state index is 0.0222. The summed E-state index contributed by atoms with van der Waals surface area (Å²) in [6, 6.07) is 2.42. The van der Waals surface area contributed by atoms with Gasteiger partial charge in [-0.1, -0.05) is 26.7 Å². The Morgan fingerprint density at radius 1 is 1.35 bits per heavy atom. The number of nitrogens with one attached hydrogen (secondary N) is 2. The predicted octanol–water partition coefficient (Wildman–Crippen LogP) is 4.07. The molecule has 0 bridgehead atoms. The second-order valence-electron chi connectivity index (χ2n) is 5.93. The van der Waals surface area contributed by atoms with E-state index in [0.29, 0.717) is 12.5 Å². The Morgan fingerprint density at radius 3 is 2.78 bits per heavy atom. The van der Waals surface area contributed by atoms with Gasteiger partial charge in [0.2, 0.25) is 0 Å². The second-order valence-corrected chi connectivity index (χ2v) is 5.93. The number of amides is 2. The van der Waals surface area contributed by atoms with Crippen molar-refractivity contribution in [2.75, 3.05) is 11.9 Å². The lowest BCUT2D eigenvalue weighted by Crippen LogP contribution is -2.45. The van der Waals surface area contributed by atoms with Crippen LogP contribution in [0.15, 0.2) is 18.2 Å². The van der Waals surface area contributed by atoms with Crippen LogP contribution < -0.4 is 10.6 Å². The van der Waals surface area contributed by atoms with Crippen LogP contribution in [0.4, 0.5) is 19.3 Å². The van der Waals surface area contributed by atoms with Crippen LogP contribution in [0.1, 0.15) is 39.5 Å². The number of halogens is 2. The molecule has 0 aliphatic carbocycles. The molecule has 2 atom stereocenters. The molecule has 1 aromatic rings. The Bertz CT molecular complexity index is 535. The number of urea groups is 1.